The summed E-state index contributed by atoms with van der Waals surface area (Å²) in [5.74, 6) is 0.622. The fraction of sp³-hybridized carbons (Fsp3) is 0.846. The van der Waals surface area contributed by atoms with E-state index in [9.17, 15) is 9.59 Å². The Labute approximate surface area is 108 Å². The highest BCUT2D eigenvalue weighted by atomic mass is 16.2. The predicted molar refractivity (Wildman–Crippen MR) is 69.0 cm³/mol. The van der Waals surface area contributed by atoms with Crippen molar-refractivity contribution in [2.24, 2.45) is 5.92 Å². The second kappa shape index (κ2) is 6.18. The van der Waals surface area contributed by atoms with Crippen molar-refractivity contribution in [2.75, 3.05) is 26.7 Å². The Morgan fingerprint density at radius 2 is 2.06 bits per heavy atom. The van der Waals surface area contributed by atoms with Crippen molar-refractivity contribution in [3.63, 3.8) is 0 Å². The van der Waals surface area contributed by atoms with Crippen LogP contribution >= 0.6 is 0 Å². The number of carbonyl (C=O) groups excluding carboxylic acids is 2. The van der Waals surface area contributed by atoms with Crippen LogP contribution in [0.2, 0.25) is 0 Å². The fourth-order valence-electron chi connectivity index (χ4n) is 2.98. The summed E-state index contributed by atoms with van der Waals surface area (Å²) >= 11 is 0. The number of carbonyl (C=O) groups is 2. The number of nitrogens with one attached hydrogen (secondary N) is 2. The van der Waals surface area contributed by atoms with E-state index in [1.165, 1.54) is 25.7 Å². The summed E-state index contributed by atoms with van der Waals surface area (Å²) in [7, 11) is 1.62. The predicted octanol–water partition coefficient (Wildman–Crippen LogP) is 0.113. The van der Waals surface area contributed by atoms with Crippen LogP contribution in [0.25, 0.3) is 0 Å². The van der Waals surface area contributed by atoms with E-state index in [0.29, 0.717) is 25.4 Å². The van der Waals surface area contributed by atoms with Crippen LogP contribution in [0.15, 0.2) is 0 Å². The minimum absolute atomic E-state index is 0.0676. The number of likely N-dealkylation sites (N-methyl/N-ethyl adjacent to an activating group) is 1. The van der Waals surface area contributed by atoms with Gasteiger partial charge in [0.15, 0.2) is 0 Å². The van der Waals surface area contributed by atoms with Gasteiger partial charge in [-0.15, -0.1) is 0 Å². The monoisotopic (exact) mass is 253 g/mol. The van der Waals surface area contributed by atoms with Crippen LogP contribution in [-0.2, 0) is 9.59 Å². The van der Waals surface area contributed by atoms with Gasteiger partial charge in [-0.05, 0) is 18.8 Å². The van der Waals surface area contributed by atoms with Gasteiger partial charge in [0.05, 0.1) is 0 Å². The highest BCUT2D eigenvalue weighted by molar-refractivity contribution is 5.88. The van der Waals surface area contributed by atoms with Crippen molar-refractivity contribution in [3.8, 4) is 0 Å². The summed E-state index contributed by atoms with van der Waals surface area (Å²) in [5, 5.41) is 5.81. The van der Waals surface area contributed by atoms with E-state index in [-0.39, 0.29) is 17.9 Å². The van der Waals surface area contributed by atoms with E-state index in [2.05, 4.69) is 10.6 Å². The molecule has 1 saturated heterocycles. The molecular weight excluding hydrogens is 230 g/mol. The van der Waals surface area contributed by atoms with Crippen LogP contribution in [0.5, 0.6) is 0 Å². The van der Waals surface area contributed by atoms with Crippen LogP contribution in [-0.4, -0.2) is 49.4 Å². The Balaban J connectivity index is 1.94. The minimum atomic E-state index is -0.336. The van der Waals surface area contributed by atoms with Gasteiger partial charge < -0.3 is 15.5 Å². The zero-order valence-electron chi connectivity index (χ0n) is 11.1. The molecule has 0 aromatic carbocycles. The molecule has 1 aliphatic carbocycles. The maximum Gasteiger partial charge on any atom is 0.243 e. The molecule has 0 radical (unpaired) electrons. The third-order valence-corrected chi connectivity index (χ3v) is 4.05. The summed E-state index contributed by atoms with van der Waals surface area (Å²) in [6.45, 7) is 1.99. The maximum absolute atomic E-state index is 12.3. The van der Waals surface area contributed by atoms with E-state index < -0.39 is 0 Å². The highest BCUT2D eigenvalue weighted by Gasteiger charge is 2.32. The van der Waals surface area contributed by atoms with Gasteiger partial charge in [-0.2, -0.15) is 0 Å². The third-order valence-electron chi connectivity index (χ3n) is 4.05. The molecule has 0 bridgehead atoms. The zero-order valence-corrected chi connectivity index (χ0v) is 11.1. The quantitative estimate of drug-likeness (QED) is 0.750. The number of nitrogens with zero attached hydrogens (tertiary/aromatic N) is 1. The smallest absolute Gasteiger partial charge is 0.243 e. The second-order valence-electron chi connectivity index (χ2n) is 5.28. The molecule has 0 spiro atoms. The molecule has 102 valence electrons. The second-order valence-corrected chi connectivity index (χ2v) is 5.28. The number of hydrogen-bond acceptors (Lipinski definition) is 3. The molecule has 1 saturated carbocycles. The molecule has 2 rings (SSSR count). The molecule has 5 heteroatoms. The minimum Gasteiger partial charge on any atom is -0.357 e. The average molecular weight is 253 g/mol. The van der Waals surface area contributed by atoms with Crippen molar-refractivity contribution in [1.82, 2.24) is 15.5 Å². The first-order valence-electron chi connectivity index (χ1n) is 6.94. The van der Waals surface area contributed by atoms with Gasteiger partial charge in [0, 0.05) is 33.1 Å². The summed E-state index contributed by atoms with van der Waals surface area (Å²) in [6, 6.07) is -0.336. The largest absolute Gasteiger partial charge is 0.357 e. The Morgan fingerprint density at radius 1 is 1.33 bits per heavy atom. The summed E-state index contributed by atoms with van der Waals surface area (Å²) in [6.07, 6.45) is 5.45. The van der Waals surface area contributed by atoms with Crippen LogP contribution in [0.1, 0.15) is 32.1 Å². The lowest BCUT2D eigenvalue weighted by Crippen LogP contribution is -2.59. The Morgan fingerprint density at radius 3 is 2.72 bits per heavy atom. The first kappa shape index (κ1) is 13.3. The van der Waals surface area contributed by atoms with E-state index in [1.807, 2.05) is 0 Å². The first-order valence-corrected chi connectivity index (χ1v) is 6.94. The first-order chi connectivity index (χ1) is 8.72. The Bertz CT molecular complexity index is 313. The van der Waals surface area contributed by atoms with Gasteiger partial charge >= 0.3 is 0 Å². The summed E-state index contributed by atoms with van der Waals surface area (Å²) in [4.78, 5) is 25.8. The highest BCUT2D eigenvalue weighted by Crippen LogP contribution is 2.28. The Kier molecular flexibility index (Phi) is 4.58. The van der Waals surface area contributed by atoms with E-state index >= 15 is 0 Å². The average Bonchev–Trinajstić information content (AvgIpc) is 2.90. The van der Waals surface area contributed by atoms with Gasteiger partial charge in [0.1, 0.15) is 6.04 Å². The van der Waals surface area contributed by atoms with E-state index in [4.69, 9.17) is 0 Å². The standard InChI is InChI=1S/C13H23N3O2/c1-14-13(18)11-9-15-6-7-16(11)12(17)8-10-4-2-3-5-10/h10-11,15H,2-9H2,1H3,(H,14,18). The molecule has 1 unspecified atom stereocenters. The topological polar surface area (TPSA) is 61.4 Å². The van der Waals surface area contributed by atoms with Crippen molar-refractivity contribution in [2.45, 2.75) is 38.1 Å². The summed E-state index contributed by atoms with van der Waals surface area (Å²) in [5.41, 5.74) is 0. The summed E-state index contributed by atoms with van der Waals surface area (Å²) < 4.78 is 0. The molecule has 2 aliphatic rings. The lowest BCUT2D eigenvalue weighted by atomic mass is 10.0. The zero-order chi connectivity index (χ0) is 13.0. The number of hydrogen-bond donors (Lipinski definition) is 2. The molecule has 1 aliphatic heterocycles. The van der Waals surface area contributed by atoms with Crippen LogP contribution in [0.3, 0.4) is 0 Å². The van der Waals surface area contributed by atoms with Gasteiger partial charge in [-0.25, -0.2) is 0 Å². The van der Waals surface area contributed by atoms with Crippen molar-refractivity contribution < 1.29 is 9.59 Å². The molecule has 0 aromatic heterocycles. The van der Waals surface area contributed by atoms with Gasteiger partial charge in [0.2, 0.25) is 11.8 Å². The van der Waals surface area contributed by atoms with Crippen LogP contribution in [0, 0.1) is 5.92 Å². The molecule has 1 atom stereocenters. The lowest BCUT2D eigenvalue weighted by Gasteiger charge is -2.35. The molecule has 2 N–H and O–H groups in total. The molecule has 0 aromatic rings. The van der Waals surface area contributed by atoms with E-state index in [0.717, 1.165) is 6.54 Å². The Hall–Kier alpha value is -1.10. The normalized spacial score (nSPS) is 25.2. The van der Waals surface area contributed by atoms with E-state index in [1.54, 1.807) is 11.9 Å². The third kappa shape index (κ3) is 3.02. The number of rotatable bonds is 3. The van der Waals surface area contributed by atoms with Crippen molar-refractivity contribution in [3.05, 3.63) is 0 Å². The molecular formula is C13H23N3O2. The molecule has 1 heterocycles. The molecule has 2 amide bonds. The van der Waals surface area contributed by atoms with Crippen molar-refractivity contribution in [1.29, 1.82) is 0 Å². The van der Waals surface area contributed by atoms with Crippen LogP contribution in [0.4, 0.5) is 0 Å². The van der Waals surface area contributed by atoms with Crippen molar-refractivity contribution >= 4 is 11.8 Å². The van der Waals surface area contributed by atoms with Crippen LogP contribution < -0.4 is 10.6 Å². The molecule has 5 nitrogen and oxygen atoms in total. The van der Waals surface area contributed by atoms with Gasteiger partial charge in [0.25, 0.3) is 0 Å². The number of amides is 2. The van der Waals surface area contributed by atoms with Gasteiger partial charge in [-0.3, -0.25) is 9.59 Å². The SMILES string of the molecule is CNC(=O)C1CNCCN1C(=O)CC1CCCC1. The maximum atomic E-state index is 12.3. The molecule has 2 fully saturated rings. The fourth-order valence-corrected chi connectivity index (χ4v) is 2.98. The number of piperazine rings is 1. The van der Waals surface area contributed by atoms with Gasteiger partial charge in [-0.1, -0.05) is 12.8 Å². The molecule has 18 heavy (non-hydrogen) atoms. The lowest BCUT2D eigenvalue weighted by molar-refractivity contribution is -0.142.